The molecule has 0 bridgehead atoms. The van der Waals surface area contributed by atoms with Crippen LogP contribution in [0.3, 0.4) is 0 Å². The number of nitrogens with two attached hydrogens (primary N) is 1. The Bertz CT molecular complexity index is 386. The second kappa shape index (κ2) is 4.37. The summed E-state index contributed by atoms with van der Waals surface area (Å²) in [6.07, 6.45) is 10.3. The predicted octanol–water partition coefficient (Wildman–Crippen LogP) is 2.56. The molecule has 0 spiro atoms. The molecule has 0 aliphatic heterocycles. The summed E-state index contributed by atoms with van der Waals surface area (Å²) in [6.45, 7) is 0.522. The summed E-state index contributed by atoms with van der Waals surface area (Å²) in [4.78, 5) is 11.0. The topological polar surface area (TPSA) is 63.3 Å². The van der Waals surface area contributed by atoms with E-state index in [2.05, 4.69) is 6.08 Å². The Hall–Kier alpha value is -0.830. The molecule has 100 valence electrons. The van der Waals surface area contributed by atoms with Gasteiger partial charge < -0.3 is 10.8 Å². The summed E-state index contributed by atoms with van der Waals surface area (Å²) in [6, 6.07) is 0. The van der Waals surface area contributed by atoms with Gasteiger partial charge in [-0.2, -0.15) is 0 Å². The number of hydrogen-bond donors (Lipinski definition) is 2. The molecule has 3 atom stereocenters. The molecule has 0 aromatic carbocycles. The van der Waals surface area contributed by atoms with Gasteiger partial charge in [-0.1, -0.05) is 30.9 Å². The zero-order chi connectivity index (χ0) is 12.8. The molecule has 2 fully saturated rings. The molecule has 0 radical (unpaired) electrons. The van der Waals surface area contributed by atoms with Gasteiger partial charge in [0.25, 0.3) is 0 Å². The molecule has 0 heterocycles. The van der Waals surface area contributed by atoms with Crippen LogP contribution in [-0.2, 0) is 4.79 Å². The van der Waals surface area contributed by atoms with Gasteiger partial charge in [-0.15, -0.1) is 0 Å². The van der Waals surface area contributed by atoms with E-state index in [9.17, 15) is 4.79 Å². The van der Waals surface area contributed by atoms with Crippen LogP contribution in [0.15, 0.2) is 11.6 Å². The molecule has 3 aliphatic rings. The summed E-state index contributed by atoms with van der Waals surface area (Å²) in [5.41, 5.74) is 7.33. The summed E-state index contributed by atoms with van der Waals surface area (Å²) in [5.74, 6) is 1.37. The lowest BCUT2D eigenvalue weighted by Crippen LogP contribution is -2.51. The highest BCUT2D eigenvalue weighted by Crippen LogP contribution is 2.60. The Labute approximate surface area is 108 Å². The first-order valence-corrected chi connectivity index (χ1v) is 7.24. The van der Waals surface area contributed by atoms with Crippen LogP contribution in [0, 0.1) is 23.2 Å². The molecule has 1 unspecified atom stereocenters. The van der Waals surface area contributed by atoms with Crippen molar-refractivity contribution in [2.75, 3.05) is 6.54 Å². The number of fused-ring (bicyclic) bond motifs is 1. The Morgan fingerprint density at radius 2 is 2.28 bits per heavy atom. The molecule has 18 heavy (non-hydrogen) atoms. The lowest BCUT2D eigenvalue weighted by Gasteiger charge is -2.51. The molecule has 3 aliphatic carbocycles. The molecule has 3 heteroatoms. The third-order valence-electron chi connectivity index (χ3n) is 5.51. The van der Waals surface area contributed by atoms with Crippen LogP contribution in [0.2, 0.25) is 0 Å². The Morgan fingerprint density at radius 3 is 2.83 bits per heavy atom. The lowest BCUT2D eigenvalue weighted by atomic mass is 9.53. The van der Waals surface area contributed by atoms with Gasteiger partial charge in [0.1, 0.15) is 0 Å². The molecular weight excluding hydrogens is 226 g/mol. The number of carbonyl (C=O) groups is 1. The fourth-order valence-corrected chi connectivity index (χ4v) is 4.30. The van der Waals surface area contributed by atoms with E-state index in [-0.39, 0.29) is 11.8 Å². The van der Waals surface area contributed by atoms with Crippen LogP contribution in [0.5, 0.6) is 0 Å². The van der Waals surface area contributed by atoms with Crippen LogP contribution < -0.4 is 5.73 Å². The number of hydrogen-bond acceptors (Lipinski definition) is 2. The molecular formula is C15H23NO2. The second-order valence-electron chi connectivity index (χ2n) is 6.66. The van der Waals surface area contributed by atoms with Gasteiger partial charge >= 0.3 is 5.97 Å². The fourth-order valence-electron chi connectivity index (χ4n) is 4.30. The van der Waals surface area contributed by atoms with E-state index in [1.807, 2.05) is 0 Å². The standard InChI is InChI=1S/C15H23NO2/c16-9-15(8-14(17)18)7-12-5-11(6-13(12)15)4-10-2-1-3-10/h6,10,12-13H,1-5,7-9,16H2,(H,17,18)/t12?,13-,15-/m0/s1. The quantitative estimate of drug-likeness (QED) is 0.736. The van der Waals surface area contributed by atoms with Crippen molar-refractivity contribution in [2.24, 2.45) is 28.9 Å². The van der Waals surface area contributed by atoms with Gasteiger partial charge in [0.15, 0.2) is 0 Å². The van der Waals surface area contributed by atoms with Crippen molar-refractivity contribution in [3.8, 4) is 0 Å². The van der Waals surface area contributed by atoms with E-state index in [0.29, 0.717) is 18.4 Å². The van der Waals surface area contributed by atoms with E-state index >= 15 is 0 Å². The molecule has 3 rings (SSSR count). The molecule has 3 N–H and O–H groups in total. The van der Waals surface area contributed by atoms with Gasteiger partial charge in [0, 0.05) is 0 Å². The minimum atomic E-state index is -0.695. The Kier molecular flexibility index (Phi) is 2.97. The zero-order valence-electron chi connectivity index (χ0n) is 10.9. The fraction of sp³-hybridized carbons (Fsp3) is 0.800. The maximum absolute atomic E-state index is 11.0. The molecule has 3 nitrogen and oxygen atoms in total. The van der Waals surface area contributed by atoms with Gasteiger partial charge in [0.05, 0.1) is 6.42 Å². The van der Waals surface area contributed by atoms with E-state index < -0.39 is 5.97 Å². The lowest BCUT2D eigenvalue weighted by molar-refractivity contribution is -0.144. The van der Waals surface area contributed by atoms with Crippen molar-refractivity contribution in [3.63, 3.8) is 0 Å². The van der Waals surface area contributed by atoms with Crippen molar-refractivity contribution in [1.29, 1.82) is 0 Å². The van der Waals surface area contributed by atoms with E-state index in [4.69, 9.17) is 10.8 Å². The number of rotatable bonds is 5. The van der Waals surface area contributed by atoms with Gasteiger partial charge in [-0.25, -0.2) is 0 Å². The molecule has 2 saturated carbocycles. The minimum Gasteiger partial charge on any atom is -0.481 e. The first-order valence-electron chi connectivity index (χ1n) is 7.24. The smallest absolute Gasteiger partial charge is 0.303 e. The van der Waals surface area contributed by atoms with Crippen LogP contribution in [0.1, 0.15) is 44.9 Å². The van der Waals surface area contributed by atoms with E-state index in [1.54, 1.807) is 5.57 Å². The van der Waals surface area contributed by atoms with Crippen molar-refractivity contribution in [1.82, 2.24) is 0 Å². The first kappa shape index (κ1) is 12.2. The van der Waals surface area contributed by atoms with Crippen molar-refractivity contribution < 1.29 is 9.90 Å². The third-order valence-corrected chi connectivity index (χ3v) is 5.51. The average molecular weight is 249 g/mol. The van der Waals surface area contributed by atoms with Crippen LogP contribution in [0.4, 0.5) is 0 Å². The highest BCUT2D eigenvalue weighted by molar-refractivity contribution is 5.68. The highest BCUT2D eigenvalue weighted by Gasteiger charge is 2.54. The Balaban J connectivity index is 1.66. The van der Waals surface area contributed by atoms with E-state index in [1.165, 1.54) is 32.1 Å². The number of allylic oxidation sites excluding steroid dienone is 2. The summed E-state index contributed by atoms with van der Waals surface area (Å²) in [5, 5.41) is 9.05. The van der Waals surface area contributed by atoms with Crippen LogP contribution in [-0.4, -0.2) is 17.6 Å². The second-order valence-corrected chi connectivity index (χ2v) is 6.66. The van der Waals surface area contributed by atoms with Crippen LogP contribution in [0.25, 0.3) is 0 Å². The monoisotopic (exact) mass is 249 g/mol. The third kappa shape index (κ3) is 1.89. The normalized spacial score (nSPS) is 38.6. The zero-order valence-corrected chi connectivity index (χ0v) is 10.9. The Morgan fingerprint density at radius 1 is 1.50 bits per heavy atom. The van der Waals surface area contributed by atoms with Crippen molar-refractivity contribution in [2.45, 2.75) is 44.9 Å². The summed E-state index contributed by atoms with van der Waals surface area (Å²) in [7, 11) is 0. The average Bonchev–Trinajstić information content (AvgIpc) is 2.59. The molecule has 0 aromatic rings. The van der Waals surface area contributed by atoms with Gasteiger partial charge in [-0.05, 0) is 49.0 Å². The SMILES string of the molecule is NC[C@@]1(CC(=O)O)CC2CC(CC3CCC3)=C[C@@H]21. The van der Waals surface area contributed by atoms with Gasteiger partial charge in [0.2, 0.25) is 0 Å². The first-order chi connectivity index (χ1) is 8.63. The molecule has 0 amide bonds. The molecule has 0 aromatic heterocycles. The summed E-state index contributed by atoms with van der Waals surface area (Å²) < 4.78 is 0. The van der Waals surface area contributed by atoms with Crippen molar-refractivity contribution in [3.05, 3.63) is 11.6 Å². The predicted molar refractivity (Wildman–Crippen MR) is 70.0 cm³/mol. The minimum absolute atomic E-state index is 0.127. The van der Waals surface area contributed by atoms with Gasteiger partial charge in [-0.3, -0.25) is 4.79 Å². The number of carboxylic acids is 1. The van der Waals surface area contributed by atoms with Crippen molar-refractivity contribution >= 4 is 5.97 Å². The highest BCUT2D eigenvalue weighted by atomic mass is 16.4. The number of carboxylic acid groups (broad SMARTS) is 1. The molecule has 0 saturated heterocycles. The maximum atomic E-state index is 11.0. The largest absolute Gasteiger partial charge is 0.481 e. The van der Waals surface area contributed by atoms with E-state index in [0.717, 1.165) is 12.3 Å². The summed E-state index contributed by atoms with van der Waals surface area (Å²) >= 11 is 0. The maximum Gasteiger partial charge on any atom is 0.303 e. The van der Waals surface area contributed by atoms with Crippen LogP contribution >= 0.6 is 0 Å². The number of aliphatic carboxylic acids is 1.